The largest absolute Gasteiger partial charge is 0.330 e. The minimum atomic E-state index is 0.490. The number of hydrogen-bond donors (Lipinski definition) is 1. The summed E-state index contributed by atoms with van der Waals surface area (Å²) in [5.74, 6) is 0.734. The van der Waals surface area contributed by atoms with Crippen molar-refractivity contribution in [3.8, 4) is 0 Å². The Bertz CT molecular complexity index is 359. The average Bonchev–Trinajstić information content (AvgIpc) is 2.39. The van der Waals surface area contributed by atoms with Crippen LogP contribution in [0.15, 0.2) is 28.7 Å². The molecule has 0 bridgehead atoms. The van der Waals surface area contributed by atoms with Gasteiger partial charge in [-0.1, -0.05) is 34.1 Å². The molecule has 1 fully saturated rings. The Kier molecular flexibility index (Phi) is 4.60. The molecule has 1 aliphatic heterocycles. The molecule has 0 radical (unpaired) electrons. The number of nitrogens with zero attached hydrogens (tertiary/aromatic N) is 1. The number of likely N-dealkylation sites (tertiary alicyclic amines) is 1. The first-order valence-electron chi connectivity index (χ1n) is 6.41. The zero-order valence-electron chi connectivity index (χ0n) is 10.4. The molecule has 0 amide bonds. The van der Waals surface area contributed by atoms with Crippen molar-refractivity contribution in [2.45, 2.75) is 25.8 Å². The SMILES string of the molecule is CC(c1ccccc1Br)N1CCC(CN)CC1. The predicted octanol–water partition coefficient (Wildman–Crippen LogP) is 3.18. The van der Waals surface area contributed by atoms with Crippen molar-refractivity contribution in [2.24, 2.45) is 11.7 Å². The van der Waals surface area contributed by atoms with Crippen molar-refractivity contribution in [3.05, 3.63) is 34.3 Å². The van der Waals surface area contributed by atoms with Gasteiger partial charge in [0.15, 0.2) is 0 Å². The normalized spacial score (nSPS) is 20.4. The summed E-state index contributed by atoms with van der Waals surface area (Å²) >= 11 is 3.64. The second-order valence-electron chi connectivity index (χ2n) is 4.91. The monoisotopic (exact) mass is 296 g/mol. The molecule has 1 unspecified atom stereocenters. The number of rotatable bonds is 3. The maximum atomic E-state index is 5.73. The van der Waals surface area contributed by atoms with E-state index in [-0.39, 0.29) is 0 Å². The molecule has 0 spiro atoms. The summed E-state index contributed by atoms with van der Waals surface area (Å²) in [5, 5.41) is 0. The fraction of sp³-hybridized carbons (Fsp3) is 0.571. The van der Waals surface area contributed by atoms with Gasteiger partial charge in [0.1, 0.15) is 0 Å². The van der Waals surface area contributed by atoms with Crippen molar-refractivity contribution in [1.82, 2.24) is 4.90 Å². The van der Waals surface area contributed by atoms with Gasteiger partial charge in [-0.3, -0.25) is 4.90 Å². The quantitative estimate of drug-likeness (QED) is 0.928. The summed E-state index contributed by atoms with van der Waals surface area (Å²) in [6.45, 7) is 5.48. The molecule has 1 heterocycles. The topological polar surface area (TPSA) is 29.3 Å². The van der Waals surface area contributed by atoms with Crippen LogP contribution in [0.3, 0.4) is 0 Å². The fourth-order valence-electron chi connectivity index (χ4n) is 2.59. The molecule has 94 valence electrons. The van der Waals surface area contributed by atoms with Crippen LogP contribution in [-0.4, -0.2) is 24.5 Å². The van der Waals surface area contributed by atoms with Crippen LogP contribution in [0.1, 0.15) is 31.4 Å². The second kappa shape index (κ2) is 5.98. The summed E-state index contributed by atoms with van der Waals surface area (Å²) in [6.07, 6.45) is 2.48. The summed E-state index contributed by atoms with van der Waals surface area (Å²) in [7, 11) is 0. The van der Waals surface area contributed by atoms with Crippen molar-refractivity contribution < 1.29 is 0 Å². The highest BCUT2D eigenvalue weighted by atomic mass is 79.9. The molecule has 0 aliphatic carbocycles. The molecular weight excluding hydrogens is 276 g/mol. The first-order valence-corrected chi connectivity index (χ1v) is 7.20. The molecular formula is C14H21BrN2. The lowest BCUT2D eigenvalue weighted by Gasteiger charge is -2.36. The highest BCUT2D eigenvalue weighted by Gasteiger charge is 2.23. The van der Waals surface area contributed by atoms with Crippen LogP contribution in [0.2, 0.25) is 0 Å². The number of nitrogens with two attached hydrogens (primary N) is 1. The van der Waals surface area contributed by atoms with Gasteiger partial charge in [-0.15, -0.1) is 0 Å². The van der Waals surface area contributed by atoms with Gasteiger partial charge in [0.05, 0.1) is 0 Å². The Morgan fingerprint density at radius 3 is 2.59 bits per heavy atom. The molecule has 1 aromatic carbocycles. The van der Waals surface area contributed by atoms with Crippen LogP contribution in [0.5, 0.6) is 0 Å². The third-order valence-corrected chi connectivity index (χ3v) is 4.61. The lowest BCUT2D eigenvalue weighted by molar-refractivity contribution is 0.143. The number of piperidine rings is 1. The van der Waals surface area contributed by atoms with Gasteiger partial charge in [-0.05, 0) is 56.9 Å². The van der Waals surface area contributed by atoms with E-state index in [1.165, 1.54) is 36.0 Å². The Hall–Kier alpha value is -0.380. The zero-order chi connectivity index (χ0) is 12.3. The highest BCUT2D eigenvalue weighted by molar-refractivity contribution is 9.10. The maximum Gasteiger partial charge on any atom is 0.0331 e. The second-order valence-corrected chi connectivity index (χ2v) is 5.77. The van der Waals surface area contributed by atoms with Crippen molar-refractivity contribution in [3.63, 3.8) is 0 Å². The fourth-order valence-corrected chi connectivity index (χ4v) is 3.20. The minimum absolute atomic E-state index is 0.490. The zero-order valence-corrected chi connectivity index (χ0v) is 12.0. The van der Waals surface area contributed by atoms with Crippen LogP contribution < -0.4 is 5.73 Å². The van der Waals surface area contributed by atoms with Gasteiger partial charge in [-0.25, -0.2) is 0 Å². The molecule has 0 saturated carbocycles. The molecule has 2 nitrogen and oxygen atoms in total. The molecule has 1 aliphatic rings. The van der Waals surface area contributed by atoms with E-state index in [0.29, 0.717) is 6.04 Å². The van der Waals surface area contributed by atoms with E-state index in [9.17, 15) is 0 Å². The van der Waals surface area contributed by atoms with Gasteiger partial charge in [-0.2, -0.15) is 0 Å². The van der Waals surface area contributed by atoms with E-state index < -0.39 is 0 Å². The number of hydrogen-bond acceptors (Lipinski definition) is 2. The van der Waals surface area contributed by atoms with Crippen LogP contribution >= 0.6 is 15.9 Å². The van der Waals surface area contributed by atoms with Gasteiger partial charge >= 0.3 is 0 Å². The first-order chi connectivity index (χ1) is 8.22. The molecule has 0 aromatic heterocycles. The number of benzene rings is 1. The van der Waals surface area contributed by atoms with E-state index in [0.717, 1.165) is 12.5 Å². The molecule has 2 N–H and O–H groups in total. The average molecular weight is 297 g/mol. The van der Waals surface area contributed by atoms with Gasteiger partial charge < -0.3 is 5.73 Å². The maximum absolute atomic E-state index is 5.73. The standard InChI is InChI=1S/C14H21BrN2/c1-11(13-4-2-3-5-14(13)15)17-8-6-12(10-16)7-9-17/h2-5,11-12H,6-10,16H2,1H3. The van der Waals surface area contributed by atoms with Crippen LogP contribution in [0, 0.1) is 5.92 Å². The summed E-state index contributed by atoms with van der Waals surface area (Å²) in [4.78, 5) is 2.56. The van der Waals surface area contributed by atoms with Crippen LogP contribution in [0.4, 0.5) is 0 Å². The van der Waals surface area contributed by atoms with Crippen molar-refractivity contribution in [1.29, 1.82) is 0 Å². The molecule has 1 saturated heterocycles. The Labute approximate surface area is 112 Å². The molecule has 3 heteroatoms. The van der Waals surface area contributed by atoms with E-state index in [1.807, 2.05) is 0 Å². The van der Waals surface area contributed by atoms with Gasteiger partial charge in [0, 0.05) is 10.5 Å². The van der Waals surface area contributed by atoms with Crippen LogP contribution in [-0.2, 0) is 0 Å². The Balaban J connectivity index is 2.02. The van der Waals surface area contributed by atoms with E-state index in [2.05, 4.69) is 52.0 Å². The molecule has 1 atom stereocenters. The van der Waals surface area contributed by atoms with E-state index in [4.69, 9.17) is 5.73 Å². The molecule has 2 rings (SSSR count). The third-order valence-electron chi connectivity index (χ3n) is 3.89. The summed E-state index contributed by atoms with van der Waals surface area (Å²) in [5.41, 5.74) is 7.12. The van der Waals surface area contributed by atoms with Crippen LogP contribution in [0.25, 0.3) is 0 Å². The van der Waals surface area contributed by atoms with Gasteiger partial charge in [0.25, 0.3) is 0 Å². The summed E-state index contributed by atoms with van der Waals surface area (Å²) in [6, 6.07) is 9.01. The highest BCUT2D eigenvalue weighted by Crippen LogP contribution is 2.30. The molecule has 17 heavy (non-hydrogen) atoms. The van der Waals surface area contributed by atoms with E-state index >= 15 is 0 Å². The van der Waals surface area contributed by atoms with Crippen molar-refractivity contribution >= 4 is 15.9 Å². The molecule has 1 aromatic rings. The van der Waals surface area contributed by atoms with E-state index in [1.54, 1.807) is 0 Å². The predicted molar refractivity (Wildman–Crippen MR) is 75.9 cm³/mol. The smallest absolute Gasteiger partial charge is 0.0331 e. The first kappa shape index (κ1) is 13.1. The lowest BCUT2D eigenvalue weighted by Crippen LogP contribution is -2.37. The Morgan fingerprint density at radius 2 is 2.00 bits per heavy atom. The number of halogens is 1. The Morgan fingerprint density at radius 1 is 1.35 bits per heavy atom. The van der Waals surface area contributed by atoms with Crippen molar-refractivity contribution in [2.75, 3.05) is 19.6 Å². The van der Waals surface area contributed by atoms with Gasteiger partial charge in [0.2, 0.25) is 0 Å². The lowest BCUT2D eigenvalue weighted by atomic mass is 9.95. The minimum Gasteiger partial charge on any atom is -0.330 e. The third kappa shape index (κ3) is 3.09. The summed E-state index contributed by atoms with van der Waals surface area (Å²) < 4.78 is 1.22.